The second-order valence-electron chi connectivity index (χ2n) is 10.5. The number of thiol groups is 4. The summed E-state index contributed by atoms with van der Waals surface area (Å²) in [4.78, 5) is 0. The van der Waals surface area contributed by atoms with Crippen LogP contribution in [-0.2, 0) is 0 Å². The number of allylic oxidation sites excluding steroid dienone is 2. The molecule has 2 aromatic carbocycles. The topological polar surface area (TPSA) is 137 Å². The third kappa shape index (κ3) is 7.84. The smallest absolute Gasteiger partial charge is 0.161 e. The molecule has 6 unspecified atom stereocenters. The molecule has 44 heavy (non-hydrogen) atoms. The molecule has 4 N–H and O–H groups in total. The Hall–Kier alpha value is -2.90. The van der Waals surface area contributed by atoms with Crippen molar-refractivity contribution in [1.29, 1.82) is 10.5 Å². The van der Waals surface area contributed by atoms with Gasteiger partial charge in [0.2, 0.25) is 0 Å². The van der Waals surface area contributed by atoms with Crippen molar-refractivity contribution in [2.24, 2.45) is 11.5 Å². The van der Waals surface area contributed by atoms with Crippen LogP contribution < -0.4 is 30.4 Å². The molecule has 8 nitrogen and oxygen atoms in total. The van der Waals surface area contributed by atoms with Gasteiger partial charge in [0.05, 0.1) is 51.7 Å². The summed E-state index contributed by atoms with van der Waals surface area (Å²) in [7, 11) is 6.25. The van der Waals surface area contributed by atoms with Gasteiger partial charge in [-0.25, -0.2) is 0 Å². The van der Waals surface area contributed by atoms with Crippen molar-refractivity contribution in [2.45, 2.75) is 58.5 Å². The van der Waals surface area contributed by atoms with Crippen LogP contribution in [0, 0.1) is 22.7 Å². The molecule has 0 radical (unpaired) electrons. The third-order valence-corrected chi connectivity index (χ3v) is 10.2. The fraction of sp³-hybridized carbons (Fsp3) is 0.438. The van der Waals surface area contributed by atoms with Gasteiger partial charge in [0, 0.05) is 44.2 Å². The summed E-state index contributed by atoms with van der Waals surface area (Å²) in [6, 6.07) is 15.8. The van der Waals surface area contributed by atoms with Crippen LogP contribution in [0.2, 0.25) is 0 Å². The SMILES string of the molecule is COc1ccc(C2/C(C#N)=C(/N)C(S)CCC(S)C(c3ccc(OC)c(OC)c3)/C(C#N)=C(/N)C(S)CCC2S)cc1OC. The van der Waals surface area contributed by atoms with Crippen molar-refractivity contribution in [3.05, 3.63) is 70.1 Å². The summed E-state index contributed by atoms with van der Waals surface area (Å²) in [6.45, 7) is 0. The van der Waals surface area contributed by atoms with Crippen molar-refractivity contribution < 1.29 is 18.9 Å². The Bertz CT molecular complexity index is 1360. The van der Waals surface area contributed by atoms with E-state index < -0.39 is 22.3 Å². The fourth-order valence-corrected chi connectivity index (χ4v) is 7.06. The number of nitrogens with zero attached hydrogens (tertiary/aromatic N) is 2. The number of hydrogen-bond acceptors (Lipinski definition) is 12. The first-order chi connectivity index (χ1) is 21.1. The first-order valence-electron chi connectivity index (χ1n) is 14.0. The predicted molar refractivity (Wildman–Crippen MR) is 188 cm³/mol. The Morgan fingerprint density at radius 2 is 0.932 bits per heavy atom. The van der Waals surface area contributed by atoms with E-state index >= 15 is 0 Å². The third-order valence-electron chi connectivity index (χ3n) is 7.98. The molecule has 1 aliphatic carbocycles. The van der Waals surface area contributed by atoms with Gasteiger partial charge in [-0.3, -0.25) is 0 Å². The maximum atomic E-state index is 10.4. The maximum Gasteiger partial charge on any atom is 0.161 e. The Balaban J connectivity index is 2.16. The van der Waals surface area contributed by atoms with E-state index in [1.54, 1.807) is 40.6 Å². The lowest BCUT2D eigenvalue weighted by Gasteiger charge is -2.30. The molecule has 0 bridgehead atoms. The number of hydrogen-bond donors (Lipinski definition) is 6. The van der Waals surface area contributed by atoms with E-state index in [1.807, 2.05) is 24.3 Å². The van der Waals surface area contributed by atoms with E-state index in [0.29, 0.717) is 71.2 Å². The summed E-state index contributed by atoms with van der Waals surface area (Å²) in [5, 5.41) is 19.2. The Morgan fingerprint density at radius 1 is 0.591 bits per heavy atom. The standard InChI is InChI=1S/C32H40N4O4S4/c1-37-21-7-5-17(13-23(21)39-3)29-19(15-33)31(35)27(43)12-10-26(42)30(18-6-8-22(38-2)24(14-18)40-4)20(16-34)32(36)28(44)11-9-25(29)41/h5-8,13-14,25-30,41-44H,9-12,35-36H2,1-4H3/b31-19+,32-20+. The van der Waals surface area contributed by atoms with Crippen LogP contribution in [0.25, 0.3) is 0 Å². The van der Waals surface area contributed by atoms with Crippen LogP contribution in [-0.4, -0.2) is 49.4 Å². The van der Waals surface area contributed by atoms with Gasteiger partial charge in [-0.15, -0.1) is 0 Å². The van der Waals surface area contributed by atoms with E-state index in [0.717, 1.165) is 11.1 Å². The quantitative estimate of drug-likeness (QED) is 0.211. The molecule has 0 amide bonds. The zero-order chi connectivity index (χ0) is 32.6. The molecule has 12 heteroatoms. The Kier molecular flexibility index (Phi) is 13.3. The van der Waals surface area contributed by atoms with Gasteiger partial charge in [0.1, 0.15) is 0 Å². The molecule has 0 aromatic heterocycles. The second-order valence-corrected chi connectivity index (χ2v) is 13.0. The lowest BCUT2D eigenvalue weighted by atomic mass is 9.82. The number of ether oxygens (including phenoxy) is 4. The molecule has 0 fully saturated rings. The van der Waals surface area contributed by atoms with Gasteiger partial charge in [0.15, 0.2) is 23.0 Å². The van der Waals surface area contributed by atoms with Crippen LogP contribution in [0.4, 0.5) is 0 Å². The highest BCUT2D eigenvalue weighted by Crippen LogP contribution is 2.43. The summed E-state index contributed by atoms with van der Waals surface area (Å²) in [5.41, 5.74) is 16.5. The number of methoxy groups -OCH3 is 4. The lowest BCUT2D eigenvalue weighted by Crippen LogP contribution is -2.27. The van der Waals surface area contributed by atoms with Gasteiger partial charge in [0.25, 0.3) is 0 Å². The van der Waals surface area contributed by atoms with Gasteiger partial charge >= 0.3 is 0 Å². The highest BCUT2D eigenvalue weighted by Gasteiger charge is 2.33. The average Bonchev–Trinajstić information content (AvgIpc) is 3.05. The Morgan fingerprint density at radius 3 is 1.23 bits per heavy atom. The largest absolute Gasteiger partial charge is 0.493 e. The number of nitrogens with two attached hydrogens (primary N) is 2. The van der Waals surface area contributed by atoms with Crippen molar-refractivity contribution in [3.8, 4) is 35.1 Å². The lowest BCUT2D eigenvalue weighted by molar-refractivity contribution is 0.354. The van der Waals surface area contributed by atoms with Gasteiger partial charge in [-0.05, 0) is 61.1 Å². The van der Waals surface area contributed by atoms with E-state index in [4.69, 9.17) is 80.9 Å². The van der Waals surface area contributed by atoms with Crippen molar-refractivity contribution in [3.63, 3.8) is 0 Å². The molecule has 6 atom stereocenters. The molecule has 236 valence electrons. The van der Waals surface area contributed by atoms with Gasteiger partial charge in [-0.2, -0.15) is 61.0 Å². The Labute approximate surface area is 282 Å². The molecular formula is C32H40N4O4S4. The highest BCUT2D eigenvalue weighted by atomic mass is 32.1. The number of rotatable bonds is 6. The second kappa shape index (κ2) is 16.4. The van der Waals surface area contributed by atoms with E-state index in [1.165, 1.54) is 0 Å². The molecule has 2 aromatic rings. The van der Waals surface area contributed by atoms with Crippen molar-refractivity contribution in [1.82, 2.24) is 0 Å². The number of benzene rings is 2. The maximum absolute atomic E-state index is 10.4. The summed E-state index contributed by atoms with van der Waals surface area (Å²) in [6.07, 6.45) is 1.99. The van der Waals surface area contributed by atoms with Crippen LogP contribution in [0.1, 0.15) is 48.6 Å². The number of nitriles is 2. The van der Waals surface area contributed by atoms with E-state index in [2.05, 4.69) is 12.1 Å². The average molecular weight is 673 g/mol. The van der Waals surface area contributed by atoms with E-state index in [9.17, 15) is 10.5 Å². The van der Waals surface area contributed by atoms with Crippen LogP contribution in [0.15, 0.2) is 58.9 Å². The summed E-state index contributed by atoms with van der Waals surface area (Å²) < 4.78 is 21.9. The molecule has 1 aliphatic rings. The molecule has 0 spiro atoms. The van der Waals surface area contributed by atoms with Gasteiger partial charge in [-0.1, -0.05) is 12.1 Å². The van der Waals surface area contributed by atoms with Crippen molar-refractivity contribution in [2.75, 3.05) is 28.4 Å². The first kappa shape index (κ1) is 35.6. The molecule has 0 saturated carbocycles. The van der Waals surface area contributed by atoms with Gasteiger partial charge < -0.3 is 30.4 Å². The minimum absolute atomic E-state index is 0.350. The first-order valence-corrected chi connectivity index (χ1v) is 16.1. The summed E-state index contributed by atoms with van der Waals surface area (Å²) in [5.74, 6) is 1.23. The summed E-state index contributed by atoms with van der Waals surface area (Å²) >= 11 is 19.6. The predicted octanol–water partition coefficient (Wildman–Crippen LogP) is 5.83. The van der Waals surface area contributed by atoms with Crippen LogP contribution in [0.3, 0.4) is 0 Å². The monoisotopic (exact) mass is 672 g/mol. The fourth-order valence-electron chi connectivity index (χ4n) is 5.54. The molecule has 0 aliphatic heterocycles. The molecule has 0 saturated heterocycles. The van der Waals surface area contributed by atoms with Crippen LogP contribution >= 0.6 is 50.5 Å². The molecule has 3 rings (SSSR count). The zero-order valence-electron chi connectivity index (χ0n) is 25.2. The van der Waals surface area contributed by atoms with E-state index in [-0.39, 0.29) is 10.5 Å². The minimum atomic E-state index is -0.479. The van der Waals surface area contributed by atoms with Crippen LogP contribution in [0.5, 0.6) is 23.0 Å². The zero-order valence-corrected chi connectivity index (χ0v) is 28.8. The highest BCUT2D eigenvalue weighted by molar-refractivity contribution is 7.81. The molecular weight excluding hydrogens is 633 g/mol. The minimum Gasteiger partial charge on any atom is -0.493 e. The van der Waals surface area contributed by atoms with Crippen molar-refractivity contribution >= 4 is 50.5 Å². The normalized spacial score (nSPS) is 28.6. The molecule has 0 heterocycles.